The lowest BCUT2D eigenvalue weighted by Gasteiger charge is -2.21. The van der Waals surface area contributed by atoms with E-state index in [0.29, 0.717) is 31.4 Å². The van der Waals surface area contributed by atoms with Gasteiger partial charge in [-0.25, -0.2) is 14.6 Å². The highest BCUT2D eigenvalue weighted by Crippen LogP contribution is 2.21. The van der Waals surface area contributed by atoms with Crippen LogP contribution in [0.15, 0.2) is 6.20 Å². The van der Waals surface area contributed by atoms with E-state index in [1.165, 1.54) is 11.3 Å². The van der Waals surface area contributed by atoms with Crippen molar-refractivity contribution in [3.63, 3.8) is 0 Å². The molecule has 2 fully saturated rings. The predicted octanol–water partition coefficient (Wildman–Crippen LogP) is 1.51. The number of cyclic esters (lactones) is 1. The fourth-order valence-electron chi connectivity index (χ4n) is 2.50. The Morgan fingerprint density at radius 2 is 2.40 bits per heavy atom. The summed E-state index contributed by atoms with van der Waals surface area (Å²) in [5.74, 6) is 0. The number of thiazole rings is 1. The summed E-state index contributed by atoms with van der Waals surface area (Å²) in [6.07, 6.45) is 2.25. The molecule has 20 heavy (non-hydrogen) atoms. The number of carbonyl (C=O) groups excluding carboxylic acids is 2. The van der Waals surface area contributed by atoms with Gasteiger partial charge in [0.1, 0.15) is 6.61 Å². The first-order chi connectivity index (χ1) is 9.63. The molecule has 8 heteroatoms. The van der Waals surface area contributed by atoms with E-state index in [4.69, 9.17) is 4.74 Å². The molecule has 0 spiro atoms. The van der Waals surface area contributed by atoms with E-state index >= 15 is 0 Å². The highest BCUT2D eigenvalue weighted by Gasteiger charge is 2.36. The van der Waals surface area contributed by atoms with Crippen molar-refractivity contribution < 1.29 is 14.3 Å². The van der Waals surface area contributed by atoms with Crippen LogP contribution in [-0.4, -0.2) is 59.2 Å². The van der Waals surface area contributed by atoms with Crippen molar-refractivity contribution in [2.45, 2.75) is 19.4 Å². The molecule has 0 saturated carbocycles. The zero-order chi connectivity index (χ0) is 14.1. The molecule has 2 aliphatic rings. The molecular weight excluding hydrogens is 280 g/mol. The number of likely N-dealkylation sites (tertiary alicyclic amines) is 1. The SMILES string of the molecule is Cc1cnc(NC(=O)N2CCC(N3CCOC3=O)C2)s1. The number of hydrogen-bond donors (Lipinski definition) is 1. The molecule has 7 nitrogen and oxygen atoms in total. The average molecular weight is 296 g/mol. The Morgan fingerprint density at radius 3 is 3.05 bits per heavy atom. The number of aryl methyl sites for hydroxylation is 1. The molecule has 0 bridgehead atoms. The Bertz CT molecular complexity index is 533. The van der Waals surface area contributed by atoms with Crippen LogP contribution in [-0.2, 0) is 4.74 Å². The first kappa shape index (κ1) is 13.2. The number of hydrogen-bond acceptors (Lipinski definition) is 5. The van der Waals surface area contributed by atoms with E-state index in [0.717, 1.165) is 11.3 Å². The van der Waals surface area contributed by atoms with Crippen molar-refractivity contribution in [3.8, 4) is 0 Å². The lowest BCUT2D eigenvalue weighted by atomic mass is 10.2. The van der Waals surface area contributed by atoms with Crippen LogP contribution in [0.2, 0.25) is 0 Å². The minimum absolute atomic E-state index is 0.0637. The van der Waals surface area contributed by atoms with Crippen LogP contribution >= 0.6 is 11.3 Å². The summed E-state index contributed by atoms with van der Waals surface area (Å²) in [6, 6.07) is -0.0943. The fourth-order valence-corrected chi connectivity index (χ4v) is 3.16. The first-order valence-electron chi connectivity index (χ1n) is 6.55. The molecule has 1 aromatic rings. The van der Waals surface area contributed by atoms with Crippen molar-refractivity contribution in [1.82, 2.24) is 14.8 Å². The van der Waals surface area contributed by atoms with Crippen LogP contribution in [0.3, 0.4) is 0 Å². The van der Waals surface area contributed by atoms with Gasteiger partial charge < -0.3 is 9.64 Å². The molecule has 1 N–H and O–H groups in total. The van der Waals surface area contributed by atoms with Gasteiger partial charge in [-0.3, -0.25) is 10.2 Å². The number of nitrogens with one attached hydrogen (secondary N) is 1. The van der Waals surface area contributed by atoms with Gasteiger partial charge in [0.15, 0.2) is 5.13 Å². The first-order valence-corrected chi connectivity index (χ1v) is 7.37. The summed E-state index contributed by atoms with van der Waals surface area (Å²) >= 11 is 1.45. The maximum absolute atomic E-state index is 12.1. The number of anilines is 1. The second-order valence-corrected chi connectivity index (χ2v) is 6.14. The lowest BCUT2D eigenvalue weighted by molar-refractivity contribution is 0.148. The summed E-state index contributed by atoms with van der Waals surface area (Å²) < 4.78 is 4.93. The second kappa shape index (κ2) is 5.28. The van der Waals surface area contributed by atoms with Crippen molar-refractivity contribution in [2.75, 3.05) is 31.6 Å². The molecule has 1 unspecified atom stereocenters. The van der Waals surface area contributed by atoms with Crippen LogP contribution in [0, 0.1) is 6.92 Å². The Hall–Kier alpha value is -1.83. The molecule has 3 heterocycles. The van der Waals surface area contributed by atoms with Crippen molar-refractivity contribution in [2.24, 2.45) is 0 Å². The van der Waals surface area contributed by atoms with Crippen LogP contribution in [0.1, 0.15) is 11.3 Å². The summed E-state index contributed by atoms with van der Waals surface area (Å²) in [4.78, 5) is 32.2. The number of amides is 3. The third kappa shape index (κ3) is 2.55. The van der Waals surface area contributed by atoms with Gasteiger partial charge in [-0.05, 0) is 13.3 Å². The van der Waals surface area contributed by atoms with Crippen LogP contribution in [0.4, 0.5) is 14.7 Å². The molecule has 1 aromatic heterocycles. The van der Waals surface area contributed by atoms with Gasteiger partial charge in [0, 0.05) is 24.2 Å². The summed E-state index contributed by atoms with van der Waals surface area (Å²) in [7, 11) is 0. The van der Waals surface area contributed by atoms with Gasteiger partial charge >= 0.3 is 12.1 Å². The quantitative estimate of drug-likeness (QED) is 0.897. The van der Waals surface area contributed by atoms with Gasteiger partial charge in [0.2, 0.25) is 0 Å². The van der Waals surface area contributed by atoms with Gasteiger partial charge in [0.25, 0.3) is 0 Å². The molecule has 2 saturated heterocycles. The number of ether oxygens (including phenoxy) is 1. The minimum Gasteiger partial charge on any atom is -0.448 e. The minimum atomic E-state index is -0.271. The molecule has 1 atom stereocenters. The molecular formula is C12H16N4O3S. The summed E-state index contributed by atoms with van der Waals surface area (Å²) in [5, 5.41) is 3.39. The molecule has 0 aliphatic carbocycles. The molecule has 0 radical (unpaired) electrons. The van der Waals surface area contributed by atoms with E-state index in [2.05, 4.69) is 10.3 Å². The fraction of sp³-hybridized carbons (Fsp3) is 0.583. The highest BCUT2D eigenvalue weighted by atomic mass is 32.1. The Balaban J connectivity index is 1.56. The largest absolute Gasteiger partial charge is 0.448 e. The van der Waals surface area contributed by atoms with Crippen LogP contribution in [0.5, 0.6) is 0 Å². The zero-order valence-electron chi connectivity index (χ0n) is 11.2. The number of aromatic nitrogens is 1. The Morgan fingerprint density at radius 1 is 1.55 bits per heavy atom. The third-order valence-electron chi connectivity index (χ3n) is 3.52. The monoisotopic (exact) mass is 296 g/mol. The van der Waals surface area contributed by atoms with E-state index in [1.54, 1.807) is 16.0 Å². The van der Waals surface area contributed by atoms with E-state index in [-0.39, 0.29) is 18.2 Å². The number of nitrogens with zero attached hydrogens (tertiary/aromatic N) is 3. The van der Waals surface area contributed by atoms with Gasteiger partial charge in [-0.1, -0.05) is 0 Å². The van der Waals surface area contributed by atoms with Crippen LogP contribution < -0.4 is 5.32 Å². The van der Waals surface area contributed by atoms with Gasteiger partial charge in [-0.15, -0.1) is 11.3 Å². The third-order valence-corrected chi connectivity index (χ3v) is 4.35. The lowest BCUT2D eigenvalue weighted by Crippen LogP contribution is -2.40. The van der Waals surface area contributed by atoms with E-state index in [9.17, 15) is 9.59 Å². The second-order valence-electron chi connectivity index (χ2n) is 4.90. The van der Waals surface area contributed by atoms with Crippen molar-refractivity contribution in [3.05, 3.63) is 11.1 Å². The maximum atomic E-state index is 12.1. The predicted molar refractivity (Wildman–Crippen MR) is 73.9 cm³/mol. The molecule has 2 aliphatic heterocycles. The van der Waals surface area contributed by atoms with Gasteiger partial charge in [0.05, 0.1) is 12.6 Å². The average Bonchev–Trinajstić information content (AvgIpc) is 3.10. The number of rotatable bonds is 2. The normalized spacial score (nSPS) is 22.2. The molecule has 3 rings (SSSR count). The summed E-state index contributed by atoms with van der Waals surface area (Å²) in [5.41, 5.74) is 0. The maximum Gasteiger partial charge on any atom is 0.410 e. The smallest absolute Gasteiger partial charge is 0.410 e. The molecule has 0 aromatic carbocycles. The number of urea groups is 1. The van der Waals surface area contributed by atoms with E-state index in [1.807, 2.05) is 6.92 Å². The van der Waals surface area contributed by atoms with Crippen LogP contribution in [0.25, 0.3) is 0 Å². The van der Waals surface area contributed by atoms with E-state index < -0.39 is 0 Å². The summed E-state index contributed by atoms with van der Waals surface area (Å²) in [6.45, 7) is 4.19. The van der Waals surface area contributed by atoms with Crippen molar-refractivity contribution >= 4 is 28.6 Å². The zero-order valence-corrected chi connectivity index (χ0v) is 12.0. The Labute approximate surface area is 120 Å². The topological polar surface area (TPSA) is 74.8 Å². The number of carbonyl (C=O) groups is 2. The molecule has 3 amide bonds. The van der Waals surface area contributed by atoms with Gasteiger partial charge in [-0.2, -0.15) is 0 Å². The highest BCUT2D eigenvalue weighted by molar-refractivity contribution is 7.15. The van der Waals surface area contributed by atoms with Crippen molar-refractivity contribution in [1.29, 1.82) is 0 Å². The Kier molecular flexibility index (Phi) is 3.47. The standard InChI is InChI=1S/C12H16N4O3S/c1-8-6-13-10(20-8)14-11(17)15-3-2-9(7-15)16-4-5-19-12(16)18/h6,9H,2-5,7H2,1H3,(H,13,14,17). The molecule has 108 valence electrons.